The Morgan fingerprint density at radius 2 is 2.00 bits per heavy atom. The average Bonchev–Trinajstić information content (AvgIpc) is 2.34. The van der Waals surface area contributed by atoms with E-state index in [0.29, 0.717) is 12.2 Å². The first kappa shape index (κ1) is 13.8. The quantitative estimate of drug-likeness (QED) is 0.746. The van der Waals surface area contributed by atoms with Crippen LogP contribution in [0, 0.1) is 0 Å². The first-order valence-corrected chi connectivity index (χ1v) is 5.50. The number of hydrogen-bond donors (Lipinski definition) is 2. The lowest BCUT2D eigenvalue weighted by atomic mass is 10.2. The molecule has 1 aromatic rings. The Hall–Kier alpha value is -2.30. The second-order valence-corrected chi connectivity index (χ2v) is 3.66. The molecule has 96 valence electrons. The van der Waals surface area contributed by atoms with Gasteiger partial charge in [-0.3, -0.25) is 4.79 Å². The fraction of sp³-hybridized carbons (Fsp3) is 0.231. The number of benzene rings is 1. The lowest BCUT2D eigenvalue weighted by Gasteiger charge is -2.13. The number of hydrogen-bond acceptors (Lipinski definition) is 3. The molecule has 0 fully saturated rings. The highest BCUT2D eigenvalue weighted by Gasteiger charge is 2.13. The van der Waals surface area contributed by atoms with E-state index in [2.05, 4.69) is 0 Å². The standard InChI is InChI=1S/C13H15NO4/c1-2-11(13(14)17)18-10-6-3-9(4-7-10)5-8-12(15)16/h3-8,11H,2H2,1H3,(H2,14,17)(H,15,16). The Balaban J connectivity index is 2.71. The highest BCUT2D eigenvalue weighted by atomic mass is 16.5. The first-order chi connectivity index (χ1) is 8.52. The maximum atomic E-state index is 11.0. The zero-order valence-corrected chi connectivity index (χ0v) is 10.00. The predicted molar refractivity (Wildman–Crippen MR) is 67.0 cm³/mol. The van der Waals surface area contributed by atoms with Crippen LogP contribution < -0.4 is 10.5 Å². The van der Waals surface area contributed by atoms with Crippen molar-refractivity contribution in [2.45, 2.75) is 19.4 Å². The van der Waals surface area contributed by atoms with Crippen LogP contribution in [0.15, 0.2) is 30.3 Å². The minimum Gasteiger partial charge on any atom is -0.481 e. The van der Waals surface area contributed by atoms with E-state index in [1.807, 2.05) is 0 Å². The second kappa shape index (κ2) is 6.44. The summed E-state index contributed by atoms with van der Waals surface area (Å²) in [6.45, 7) is 1.80. The number of aliphatic carboxylic acids is 1. The largest absolute Gasteiger partial charge is 0.481 e. The van der Waals surface area contributed by atoms with Crippen LogP contribution in [0.25, 0.3) is 6.08 Å². The minimum absolute atomic E-state index is 0.496. The number of carboxylic acids is 1. The summed E-state index contributed by atoms with van der Waals surface area (Å²) in [5.41, 5.74) is 5.90. The summed E-state index contributed by atoms with van der Waals surface area (Å²) < 4.78 is 5.39. The van der Waals surface area contributed by atoms with Gasteiger partial charge in [0.15, 0.2) is 6.10 Å². The molecule has 0 aliphatic carbocycles. The zero-order chi connectivity index (χ0) is 13.5. The fourth-order valence-electron chi connectivity index (χ4n) is 1.33. The van der Waals surface area contributed by atoms with Crippen LogP contribution in [0.2, 0.25) is 0 Å². The smallest absolute Gasteiger partial charge is 0.328 e. The van der Waals surface area contributed by atoms with Gasteiger partial charge in [0.05, 0.1) is 0 Å². The van der Waals surface area contributed by atoms with Crippen LogP contribution in [0.3, 0.4) is 0 Å². The molecule has 0 aliphatic rings. The molecular formula is C13H15NO4. The summed E-state index contributed by atoms with van der Waals surface area (Å²) in [5, 5.41) is 8.48. The summed E-state index contributed by atoms with van der Waals surface area (Å²) in [6.07, 6.45) is 2.37. The molecule has 0 aliphatic heterocycles. The SMILES string of the molecule is CCC(Oc1ccc(C=CC(=O)O)cc1)C(N)=O. The third-order valence-corrected chi connectivity index (χ3v) is 2.26. The van der Waals surface area contributed by atoms with Gasteiger partial charge in [-0.2, -0.15) is 0 Å². The van der Waals surface area contributed by atoms with Gasteiger partial charge < -0.3 is 15.6 Å². The van der Waals surface area contributed by atoms with Crippen molar-refractivity contribution in [1.29, 1.82) is 0 Å². The Labute approximate surface area is 105 Å². The van der Waals surface area contributed by atoms with E-state index in [1.54, 1.807) is 31.2 Å². The van der Waals surface area contributed by atoms with Gasteiger partial charge in [0.25, 0.3) is 5.91 Å². The topological polar surface area (TPSA) is 89.6 Å². The van der Waals surface area contributed by atoms with Crippen LogP contribution in [0.4, 0.5) is 0 Å². The van der Waals surface area contributed by atoms with Crippen molar-refractivity contribution >= 4 is 18.0 Å². The molecule has 5 nitrogen and oxygen atoms in total. The van der Waals surface area contributed by atoms with Gasteiger partial charge in [0.2, 0.25) is 0 Å². The van der Waals surface area contributed by atoms with E-state index in [4.69, 9.17) is 15.6 Å². The van der Waals surface area contributed by atoms with E-state index in [-0.39, 0.29) is 0 Å². The van der Waals surface area contributed by atoms with Gasteiger partial charge >= 0.3 is 5.97 Å². The van der Waals surface area contributed by atoms with Crippen molar-refractivity contribution in [2.24, 2.45) is 5.73 Å². The molecule has 0 spiro atoms. The maximum absolute atomic E-state index is 11.0. The van der Waals surface area contributed by atoms with Crippen LogP contribution >= 0.6 is 0 Å². The molecule has 0 bridgehead atoms. The molecule has 0 saturated carbocycles. The van der Waals surface area contributed by atoms with E-state index in [9.17, 15) is 9.59 Å². The van der Waals surface area contributed by atoms with Crippen molar-refractivity contribution in [3.05, 3.63) is 35.9 Å². The van der Waals surface area contributed by atoms with Gasteiger partial charge in [0.1, 0.15) is 5.75 Å². The van der Waals surface area contributed by atoms with E-state index < -0.39 is 18.0 Å². The van der Waals surface area contributed by atoms with Crippen molar-refractivity contribution in [2.75, 3.05) is 0 Å². The number of amides is 1. The predicted octanol–water partition coefficient (Wildman–Crippen LogP) is 1.43. The van der Waals surface area contributed by atoms with E-state index in [1.165, 1.54) is 6.08 Å². The Morgan fingerprint density at radius 3 is 2.44 bits per heavy atom. The molecule has 1 rings (SSSR count). The van der Waals surface area contributed by atoms with Gasteiger partial charge in [0, 0.05) is 6.08 Å². The maximum Gasteiger partial charge on any atom is 0.328 e. The lowest BCUT2D eigenvalue weighted by molar-refractivity contribution is -0.131. The van der Waals surface area contributed by atoms with E-state index >= 15 is 0 Å². The van der Waals surface area contributed by atoms with Crippen molar-refractivity contribution in [1.82, 2.24) is 0 Å². The van der Waals surface area contributed by atoms with Crippen molar-refractivity contribution in [3.63, 3.8) is 0 Å². The molecular weight excluding hydrogens is 234 g/mol. The number of rotatable bonds is 6. The minimum atomic E-state index is -1.00. The monoisotopic (exact) mass is 249 g/mol. The van der Waals surface area contributed by atoms with Crippen LogP contribution in [-0.4, -0.2) is 23.1 Å². The normalized spacial score (nSPS) is 12.3. The number of carbonyl (C=O) groups excluding carboxylic acids is 1. The third kappa shape index (κ3) is 4.29. The second-order valence-electron chi connectivity index (χ2n) is 3.66. The highest BCUT2D eigenvalue weighted by Crippen LogP contribution is 2.15. The molecule has 1 atom stereocenters. The summed E-state index contributed by atoms with van der Waals surface area (Å²) >= 11 is 0. The third-order valence-electron chi connectivity index (χ3n) is 2.26. The summed E-state index contributed by atoms with van der Waals surface area (Å²) in [7, 11) is 0. The molecule has 1 amide bonds. The molecule has 0 heterocycles. The van der Waals surface area contributed by atoms with Gasteiger partial charge in [-0.05, 0) is 30.2 Å². The van der Waals surface area contributed by atoms with Gasteiger partial charge in [-0.15, -0.1) is 0 Å². The molecule has 0 saturated heterocycles. The number of ether oxygens (including phenoxy) is 1. The van der Waals surface area contributed by atoms with Crippen LogP contribution in [0.5, 0.6) is 5.75 Å². The lowest BCUT2D eigenvalue weighted by Crippen LogP contribution is -2.32. The first-order valence-electron chi connectivity index (χ1n) is 5.50. The van der Waals surface area contributed by atoms with Crippen LogP contribution in [-0.2, 0) is 9.59 Å². The van der Waals surface area contributed by atoms with E-state index in [0.717, 1.165) is 11.6 Å². The van der Waals surface area contributed by atoms with Crippen molar-refractivity contribution in [3.8, 4) is 5.75 Å². The average molecular weight is 249 g/mol. The number of nitrogens with two attached hydrogens (primary N) is 1. The molecule has 1 aromatic carbocycles. The summed E-state index contributed by atoms with van der Waals surface area (Å²) in [5.74, 6) is -0.990. The number of primary amides is 1. The van der Waals surface area contributed by atoms with Crippen LogP contribution in [0.1, 0.15) is 18.9 Å². The fourth-order valence-corrected chi connectivity index (χ4v) is 1.33. The zero-order valence-electron chi connectivity index (χ0n) is 10.00. The molecule has 18 heavy (non-hydrogen) atoms. The Bertz CT molecular complexity index is 451. The Morgan fingerprint density at radius 1 is 1.39 bits per heavy atom. The summed E-state index contributed by atoms with van der Waals surface area (Å²) in [6, 6.07) is 6.71. The molecule has 3 N–H and O–H groups in total. The molecule has 0 aromatic heterocycles. The van der Waals surface area contributed by atoms with Gasteiger partial charge in [-0.1, -0.05) is 19.1 Å². The molecule has 0 radical (unpaired) electrons. The highest BCUT2D eigenvalue weighted by molar-refractivity contribution is 5.85. The van der Waals surface area contributed by atoms with Crippen molar-refractivity contribution < 1.29 is 19.4 Å². The molecule has 5 heteroatoms. The summed E-state index contributed by atoms with van der Waals surface area (Å²) in [4.78, 5) is 21.3. The Kier molecular flexibility index (Phi) is 4.92. The van der Waals surface area contributed by atoms with Gasteiger partial charge in [-0.25, -0.2) is 4.79 Å². The molecule has 1 unspecified atom stereocenters. The number of carboxylic acid groups (broad SMARTS) is 1. The number of carbonyl (C=O) groups is 2.